The third kappa shape index (κ3) is 4.33. The van der Waals surface area contributed by atoms with E-state index in [0.717, 1.165) is 25.7 Å². The van der Waals surface area contributed by atoms with Crippen molar-refractivity contribution in [2.24, 2.45) is 10.3 Å². The Labute approximate surface area is 148 Å². The molecule has 0 radical (unpaired) electrons. The Balaban J connectivity index is 2.23. The molecule has 24 heavy (non-hydrogen) atoms. The van der Waals surface area contributed by atoms with E-state index in [1.165, 1.54) is 7.05 Å². The van der Waals surface area contributed by atoms with Gasteiger partial charge < -0.3 is 5.32 Å². The summed E-state index contributed by atoms with van der Waals surface area (Å²) in [5.41, 5.74) is 2.35. The first-order valence-electron chi connectivity index (χ1n) is 7.41. The molecule has 1 aliphatic carbocycles. The molecule has 1 saturated carbocycles. The summed E-state index contributed by atoms with van der Waals surface area (Å²) < 4.78 is 0. The number of halogens is 2. The van der Waals surface area contributed by atoms with Crippen molar-refractivity contribution in [2.45, 2.75) is 37.0 Å². The zero-order chi connectivity index (χ0) is 17.7. The largest absolute Gasteiger partial charge is 0.306 e. The molecule has 0 bridgehead atoms. The van der Waals surface area contributed by atoms with Crippen molar-refractivity contribution in [3.8, 4) is 0 Å². The summed E-state index contributed by atoms with van der Waals surface area (Å²) in [6, 6.07) is 0. The van der Waals surface area contributed by atoms with Gasteiger partial charge in [0, 0.05) is 10.9 Å². The number of hydrogen-bond acceptors (Lipinski definition) is 5. The standard InChI is InChI=1S/C14H18Cl2N6O2/c1-7(19-22-17-2)18-14(24)12-11(16)10(13(23)21-20-12)8-3-5-9(15)6-4-8/h8-9H,1,3-6H2,2H3,(H,17,19)(H,18,24)(H,21,23). The van der Waals surface area contributed by atoms with Crippen LogP contribution in [0.15, 0.2) is 27.5 Å². The van der Waals surface area contributed by atoms with Gasteiger partial charge in [0.25, 0.3) is 11.5 Å². The molecule has 1 aromatic heterocycles. The third-order valence-electron chi connectivity index (χ3n) is 3.79. The molecule has 3 N–H and O–H groups in total. The number of nitrogens with zero attached hydrogens (tertiary/aromatic N) is 3. The van der Waals surface area contributed by atoms with E-state index < -0.39 is 5.91 Å². The predicted octanol–water partition coefficient (Wildman–Crippen LogP) is 2.48. The fraction of sp³-hybridized carbons (Fsp3) is 0.500. The van der Waals surface area contributed by atoms with Gasteiger partial charge in [-0.05, 0) is 31.6 Å². The van der Waals surface area contributed by atoms with Gasteiger partial charge in [-0.3, -0.25) is 9.59 Å². The summed E-state index contributed by atoms with van der Waals surface area (Å²) in [5.74, 6) is -0.535. The second-order valence-corrected chi connectivity index (χ2v) is 6.42. The molecule has 0 aliphatic heterocycles. The summed E-state index contributed by atoms with van der Waals surface area (Å²) in [4.78, 5) is 24.4. The van der Waals surface area contributed by atoms with E-state index in [9.17, 15) is 9.59 Å². The maximum absolute atomic E-state index is 12.3. The summed E-state index contributed by atoms with van der Waals surface area (Å²) >= 11 is 12.4. The Hall–Kier alpha value is -1.93. The second kappa shape index (κ2) is 8.25. The van der Waals surface area contributed by atoms with Gasteiger partial charge in [-0.1, -0.05) is 23.4 Å². The van der Waals surface area contributed by atoms with Crippen LogP contribution in [0.4, 0.5) is 0 Å². The Morgan fingerprint density at radius 2 is 2.04 bits per heavy atom. The summed E-state index contributed by atoms with van der Waals surface area (Å²) in [6.07, 6.45) is 3.09. The molecule has 1 aromatic rings. The number of carbonyl (C=O) groups excluding carboxylic acids is 1. The van der Waals surface area contributed by atoms with Gasteiger partial charge >= 0.3 is 0 Å². The van der Waals surface area contributed by atoms with Crippen molar-refractivity contribution < 1.29 is 4.79 Å². The van der Waals surface area contributed by atoms with Crippen LogP contribution in [0.3, 0.4) is 0 Å². The van der Waals surface area contributed by atoms with Gasteiger partial charge in [0.15, 0.2) is 5.69 Å². The highest BCUT2D eigenvalue weighted by atomic mass is 35.5. The summed E-state index contributed by atoms with van der Waals surface area (Å²) in [5, 5.41) is 15.7. The lowest BCUT2D eigenvalue weighted by molar-refractivity contribution is 0.0957. The second-order valence-electron chi connectivity index (χ2n) is 5.42. The van der Waals surface area contributed by atoms with Crippen LogP contribution in [-0.2, 0) is 0 Å². The minimum Gasteiger partial charge on any atom is -0.306 e. The maximum Gasteiger partial charge on any atom is 0.278 e. The van der Waals surface area contributed by atoms with Gasteiger partial charge in [0.2, 0.25) is 0 Å². The zero-order valence-electron chi connectivity index (χ0n) is 13.1. The average Bonchev–Trinajstić information content (AvgIpc) is 2.54. The lowest BCUT2D eigenvalue weighted by Gasteiger charge is -2.25. The van der Waals surface area contributed by atoms with Crippen LogP contribution in [-0.4, -0.2) is 28.5 Å². The van der Waals surface area contributed by atoms with Crippen LogP contribution in [0.5, 0.6) is 0 Å². The molecule has 0 saturated heterocycles. The molecule has 10 heteroatoms. The first-order chi connectivity index (χ1) is 11.4. The van der Waals surface area contributed by atoms with E-state index in [1.54, 1.807) is 0 Å². The quantitative estimate of drug-likeness (QED) is 0.418. The normalized spacial score (nSPS) is 20.8. The zero-order valence-corrected chi connectivity index (χ0v) is 14.6. The van der Waals surface area contributed by atoms with E-state index in [4.69, 9.17) is 23.2 Å². The molecule has 0 atom stereocenters. The van der Waals surface area contributed by atoms with Crippen molar-refractivity contribution in [2.75, 3.05) is 7.05 Å². The molecular weight excluding hydrogens is 355 g/mol. The fourth-order valence-electron chi connectivity index (χ4n) is 2.63. The summed E-state index contributed by atoms with van der Waals surface area (Å²) in [6.45, 7) is 3.57. The smallest absolute Gasteiger partial charge is 0.278 e. The van der Waals surface area contributed by atoms with Gasteiger partial charge in [-0.15, -0.1) is 11.6 Å². The number of aromatic amines is 1. The van der Waals surface area contributed by atoms with Crippen molar-refractivity contribution in [1.82, 2.24) is 20.9 Å². The van der Waals surface area contributed by atoms with Gasteiger partial charge in [0.05, 0.1) is 12.1 Å². The van der Waals surface area contributed by atoms with Crippen LogP contribution in [0.25, 0.3) is 0 Å². The molecule has 0 unspecified atom stereocenters. The molecule has 8 nitrogen and oxygen atoms in total. The molecular formula is C14H18Cl2N6O2. The Morgan fingerprint density at radius 3 is 2.67 bits per heavy atom. The Bertz CT molecular complexity index is 710. The molecule has 1 heterocycles. The number of nitrogens with one attached hydrogen (secondary N) is 3. The fourth-order valence-corrected chi connectivity index (χ4v) is 3.25. The number of rotatable bonds is 5. The van der Waals surface area contributed by atoms with Crippen LogP contribution >= 0.6 is 23.2 Å². The van der Waals surface area contributed by atoms with Crippen LogP contribution in [0.1, 0.15) is 47.7 Å². The van der Waals surface area contributed by atoms with Gasteiger partial charge in [-0.2, -0.15) is 10.2 Å². The lowest BCUT2D eigenvalue weighted by atomic mass is 9.84. The SMILES string of the molecule is C=C(NN=NC)NC(=O)c1n[nH]c(=O)c(C2CCC(Cl)CC2)c1Cl. The van der Waals surface area contributed by atoms with E-state index in [2.05, 4.69) is 37.9 Å². The highest BCUT2D eigenvalue weighted by molar-refractivity contribution is 6.34. The average molecular weight is 373 g/mol. The molecule has 0 spiro atoms. The molecule has 130 valence electrons. The maximum atomic E-state index is 12.3. The van der Waals surface area contributed by atoms with Gasteiger partial charge in [-0.25, -0.2) is 10.5 Å². The first-order valence-corrected chi connectivity index (χ1v) is 8.22. The molecule has 0 aromatic carbocycles. The highest BCUT2D eigenvalue weighted by Crippen LogP contribution is 2.36. The highest BCUT2D eigenvalue weighted by Gasteiger charge is 2.28. The van der Waals surface area contributed by atoms with Gasteiger partial charge in [0.1, 0.15) is 5.82 Å². The molecule has 2 rings (SSSR count). The Morgan fingerprint density at radius 1 is 1.38 bits per heavy atom. The van der Waals surface area contributed by atoms with Crippen LogP contribution in [0, 0.1) is 0 Å². The minimum absolute atomic E-state index is 0.0407. The van der Waals surface area contributed by atoms with Crippen molar-refractivity contribution in [3.63, 3.8) is 0 Å². The van der Waals surface area contributed by atoms with E-state index in [0.29, 0.717) is 5.56 Å². The van der Waals surface area contributed by atoms with Crippen molar-refractivity contribution in [3.05, 3.63) is 39.0 Å². The number of hydrogen-bond donors (Lipinski definition) is 3. The lowest BCUT2D eigenvalue weighted by Crippen LogP contribution is -2.31. The molecule has 1 fully saturated rings. The Kier molecular flexibility index (Phi) is 6.33. The number of aromatic nitrogens is 2. The number of amides is 1. The van der Waals surface area contributed by atoms with Crippen molar-refractivity contribution in [1.29, 1.82) is 0 Å². The third-order valence-corrected chi connectivity index (χ3v) is 4.61. The monoisotopic (exact) mass is 372 g/mol. The van der Waals surface area contributed by atoms with Crippen molar-refractivity contribution >= 4 is 29.1 Å². The number of H-pyrrole nitrogens is 1. The summed E-state index contributed by atoms with van der Waals surface area (Å²) in [7, 11) is 1.46. The molecule has 1 aliphatic rings. The number of alkyl halides is 1. The number of carbonyl (C=O) groups is 1. The van der Waals surface area contributed by atoms with E-state index >= 15 is 0 Å². The topological polar surface area (TPSA) is 112 Å². The predicted molar refractivity (Wildman–Crippen MR) is 91.2 cm³/mol. The minimum atomic E-state index is -0.604. The van der Waals surface area contributed by atoms with Crippen LogP contribution < -0.4 is 16.3 Å². The molecule has 1 amide bonds. The van der Waals surface area contributed by atoms with E-state index in [1.807, 2.05) is 0 Å². The first kappa shape index (κ1) is 18.4. The van der Waals surface area contributed by atoms with Crippen LogP contribution in [0.2, 0.25) is 5.02 Å². The van der Waals surface area contributed by atoms with E-state index in [-0.39, 0.29) is 33.4 Å².